The smallest absolute Gasteiger partial charge is 0.407 e. The summed E-state index contributed by atoms with van der Waals surface area (Å²) in [5, 5.41) is 20.6. The second kappa shape index (κ2) is 9.43. The molecule has 0 unspecified atom stereocenters. The van der Waals surface area contributed by atoms with Gasteiger partial charge in [-0.1, -0.05) is 18.2 Å². The van der Waals surface area contributed by atoms with Crippen LogP contribution in [-0.2, 0) is 11.3 Å². The Kier molecular flexibility index (Phi) is 6.26. The van der Waals surface area contributed by atoms with Crippen molar-refractivity contribution in [2.24, 2.45) is 0 Å². The van der Waals surface area contributed by atoms with Gasteiger partial charge in [0.25, 0.3) is 5.91 Å². The summed E-state index contributed by atoms with van der Waals surface area (Å²) >= 11 is 0. The molecule has 3 heterocycles. The fourth-order valence-electron chi connectivity index (χ4n) is 3.39. The number of hydrogen-bond acceptors (Lipinski definition) is 7. The van der Waals surface area contributed by atoms with E-state index in [0.29, 0.717) is 37.6 Å². The van der Waals surface area contributed by atoms with Gasteiger partial charge in [-0.2, -0.15) is 4.80 Å². The van der Waals surface area contributed by atoms with Crippen molar-refractivity contribution in [3.63, 3.8) is 0 Å². The third-order valence-electron chi connectivity index (χ3n) is 5.05. The molecule has 2 amide bonds. The highest BCUT2D eigenvalue weighted by molar-refractivity contribution is 6.03. The van der Waals surface area contributed by atoms with E-state index in [9.17, 15) is 9.59 Å². The van der Waals surface area contributed by atoms with Crippen LogP contribution in [0.4, 0.5) is 16.3 Å². The molecule has 1 aliphatic heterocycles. The number of benzene rings is 1. The molecule has 0 atom stereocenters. The average molecular weight is 437 g/mol. The number of pyridine rings is 1. The highest BCUT2D eigenvalue weighted by atomic mass is 16.5. The minimum Gasteiger partial charge on any atom is -0.465 e. The Morgan fingerprint density at radius 3 is 2.44 bits per heavy atom. The number of aromatic nitrogens is 4. The van der Waals surface area contributed by atoms with E-state index in [2.05, 4.69) is 20.5 Å². The van der Waals surface area contributed by atoms with Crippen LogP contribution in [0.2, 0.25) is 0 Å². The Labute approximate surface area is 184 Å². The van der Waals surface area contributed by atoms with Gasteiger partial charge in [0.15, 0.2) is 5.69 Å². The number of carbonyl (C=O) groups is 2. The van der Waals surface area contributed by atoms with E-state index in [0.717, 1.165) is 11.5 Å². The number of nitrogens with one attached hydrogen (secondary N) is 1. The van der Waals surface area contributed by atoms with Gasteiger partial charge in [-0.3, -0.25) is 4.79 Å². The number of rotatable bonds is 6. The van der Waals surface area contributed by atoms with Crippen LogP contribution in [0.5, 0.6) is 0 Å². The van der Waals surface area contributed by atoms with Crippen molar-refractivity contribution < 1.29 is 19.4 Å². The zero-order valence-corrected chi connectivity index (χ0v) is 17.5. The van der Waals surface area contributed by atoms with E-state index < -0.39 is 12.0 Å². The Bertz CT molecular complexity index is 1080. The van der Waals surface area contributed by atoms with E-state index in [1.54, 1.807) is 18.3 Å². The molecule has 0 aliphatic carbocycles. The molecular weight excluding hydrogens is 414 g/mol. The van der Waals surface area contributed by atoms with Crippen LogP contribution in [0.1, 0.15) is 16.2 Å². The quantitative estimate of drug-likeness (QED) is 0.599. The van der Waals surface area contributed by atoms with Gasteiger partial charge in [0.2, 0.25) is 0 Å². The molecular formula is C21H23N7O4. The predicted octanol–water partition coefficient (Wildman–Crippen LogP) is 1.86. The molecule has 11 heteroatoms. The van der Waals surface area contributed by atoms with Crippen molar-refractivity contribution in [2.75, 3.05) is 43.5 Å². The van der Waals surface area contributed by atoms with Crippen molar-refractivity contribution in [2.45, 2.75) is 6.61 Å². The van der Waals surface area contributed by atoms with Crippen LogP contribution in [0.15, 0.2) is 48.7 Å². The predicted molar refractivity (Wildman–Crippen MR) is 116 cm³/mol. The Morgan fingerprint density at radius 2 is 1.81 bits per heavy atom. The lowest BCUT2D eigenvalue weighted by atomic mass is 10.3. The van der Waals surface area contributed by atoms with Gasteiger partial charge in [0, 0.05) is 33.3 Å². The second-order valence-corrected chi connectivity index (χ2v) is 7.17. The fraction of sp³-hybridized carbons (Fsp3) is 0.286. The first-order valence-electron chi connectivity index (χ1n) is 10.1. The number of hydrogen-bond donors (Lipinski definition) is 2. The zero-order valence-electron chi connectivity index (χ0n) is 17.5. The number of amides is 2. The summed E-state index contributed by atoms with van der Waals surface area (Å²) in [7, 11) is 1.53. The number of methoxy groups -OCH3 is 1. The van der Waals surface area contributed by atoms with Gasteiger partial charge < -0.3 is 25.0 Å². The van der Waals surface area contributed by atoms with Crippen LogP contribution in [0, 0.1) is 0 Å². The Morgan fingerprint density at radius 1 is 1.06 bits per heavy atom. The monoisotopic (exact) mass is 437 g/mol. The molecule has 11 nitrogen and oxygen atoms in total. The van der Waals surface area contributed by atoms with Crippen LogP contribution in [0.3, 0.4) is 0 Å². The second-order valence-electron chi connectivity index (χ2n) is 7.17. The summed E-state index contributed by atoms with van der Waals surface area (Å²) in [6.45, 7) is 2.13. The number of para-hydroxylation sites is 1. The number of ether oxygens (including phenoxy) is 1. The first kappa shape index (κ1) is 21.2. The fourth-order valence-corrected chi connectivity index (χ4v) is 3.39. The van der Waals surface area contributed by atoms with Gasteiger partial charge in [-0.15, -0.1) is 10.2 Å². The van der Waals surface area contributed by atoms with Gasteiger partial charge >= 0.3 is 6.09 Å². The van der Waals surface area contributed by atoms with E-state index in [-0.39, 0.29) is 12.3 Å². The maximum Gasteiger partial charge on any atom is 0.407 e. The van der Waals surface area contributed by atoms with E-state index in [1.807, 2.05) is 35.2 Å². The summed E-state index contributed by atoms with van der Waals surface area (Å²) < 4.78 is 5.17. The van der Waals surface area contributed by atoms with Crippen molar-refractivity contribution in [1.29, 1.82) is 0 Å². The van der Waals surface area contributed by atoms with Crippen LogP contribution >= 0.6 is 0 Å². The zero-order chi connectivity index (χ0) is 22.5. The third kappa shape index (κ3) is 4.67. The molecule has 0 saturated carbocycles. The molecule has 4 rings (SSSR count). The largest absolute Gasteiger partial charge is 0.465 e. The summed E-state index contributed by atoms with van der Waals surface area (Å²) in [5.74, 6) is 0.312. The van der Waals surface area contributed by atoms with Crippen LogP contribution in [-0.4, -0.2) is 75.3 Å². The summed E-state index contributed by atoms with van der Waals surface area (Å²) in [4.78, 5) is 33.1. The summed E-state index contributed by atoms with van der Waals surface area (Å²) in [5.41, 5.74) is 1.85. The molecule has 32 heavy (non-hydrogen) atoms. The van der Waals surface area contributed by atoms with Gasteiger partial charge in [-0.05, 0) is 24.3 Å². The normalized spacial score (nSPS) is 13.8. The van der Waals surface area contributed by atoms with Crippen molar-refractivity contribution in [3.8, 4) is 5.69 Å². The van der Waals surface area contributed by atoms with E-state index in [1.165, 1.54) is 16.8 Å². The highest BCUT2D eigenvalue weighted by Gasteiger charge is 2.22. The maximum atomic E-state index is 12.9. The Balaban J connectivity index is 1.45. The molecule has 1 aromatic carbocycles. The first-order valence-corrected chi connectivity index (χ1v) is 10.1. The summed E-state index contributed by atoms with van der Waals surface area (Å²) in [6.07, 6.45) is 0.654. The topological polar surface area (TPSA) is 126 Å². The Hall–Kier alpha value is -3.99. The number of carboxylic acid groups (broad SMARTS) is 1. The molecule has 1 aliphatic rings. The van der Waals surface area contributed by atoms with Gasteiger partial charge in [0.05, 0.1) is 24.2 Å². The number of anilines is 2. The molecule has 1 saturated heterocycles. The van der Waals surface area contributed by atoms with Gasteiger partial charge in [-0.25, -0.2) is 9.78 Å². The van der Waals surface area contributed by atoms with Gasteiger partial charge in [0.1, 0.15) is 11.5 Å². The number of piperazine rings is 1. The number of carbonyl (C=O) groups excluding carboxylic acids is 1. The molecule has 0 radical (unpaired) electrons. The van der Waals surface area contributed by atoms with Crippen molar-refractivity contribution >= 4 is 23.5 Å². The molecule has 0 bridgehead atoms. The van der Waals surface area contributed by atoms with Crippen molar-refractivity contribution in [1.82, 2.24) is 24.9 Å². The average Bonchev–Trinajstić information content (AvgIpc) is 3.25. The van der Waals surface area contributed by atoms with Crippen LogP contribution in [0.25, 0.3) is 5.69 Å². The lowest BCUT2D eigenvalue weighted by Crippen LogP contribution is -2.48. The standard InChI is InChI=1S/C21H23N7O4/c1-32-14-17-19(25-28(24-17)16-5-3-2-4-6-16)20(29)23-15-7-8-18(22-13-15)26-9-11-27(12-10-26)21(30)31/h2-8,13H,9-12,14H2,1H3,(H,23,29)(H,30,31). The minimum absolute atomic E-state index is 0.148. The lowest BCUT2D eigenvalue weighted by molar-refractivity contribution is 0.101. The molecule has 0 spiro atoms. The van der Waals surface area contributed by atoms with E-state index >= 15 is 0 Å². The molecule has 2 aromatic heterocycles. The van der Waals surface area contributed by atoms with Crippen LogP contribution < -0.4 is 10.2 Å². The molecule has 2 N–H and O–H groups in total. The molecule has 3 aromatic rings. The summed E-state index contributed by atoms with van der Waals surface area (Å²) in [6, 6.07) is 12.9. The first-order chi connectivity index (χ1) is 15.5. The van der Waals surface area contributed by atoms with E-state index in [4.69, 9.17) is 9.84 Å². The molecule has 1 fully saturated rings. The number of nitrogens with zero attached hydrogens (tertiary/aromatic N) is 6. The molecule has 166 valence electrons. The lowest BCUT2D eigenvalue weighted by Gasteiger charge is -2.33. The minimum atomic E-state index is -0.910. The highest BCUT2D eigenvalue weighted by Crippen LogP contribution is 2.18. The maximum absolute atomic E-state index is 12.9. The van der Waals surface area contributed by atoms with Crippen molar-refractivity contribution in [3.05, 3.63) is 60.0 Å². The SMILES string of the molecule is COCc1nn(-c2ccccc2)nc1C(=O)Nc1ccc(N2CCN(C(=O)O)CC2)nc1. The third-order valence-corrected chi connectivity index (χ3v) is 5.05.